The van der Waals surface area contributed by atoms with E-state index in [1.165, 1.54) is 9.21 Å². The standard InChI is InChI=1S/C27H38ClN3O4S/c1-19(2)17-29-27(33)22(5)30(18-23-10-7-8-11-25(23)28)26(32)12-9-15-31(36(6,34)35)24-14-13-20(3)21(4)16-24/h7-8,10-11,13-14,16,19,22H,9,12,15,17-18H2,1-6H3,(H,29,33). The minimum atomic E-state index is -3.54. The number of nitrogens with one attached hydrogen (secondary N) is 1. The normalized spacial score (nSPS) is 12.3. The topological polar surface area (TPSA) is 86.8 Å². The number of amides is 2. The molecule has 1 N–H and O–H groups in total. The van der Waals surface area contributed by atoms with Gasteiger partial charge in [-0.25, -0.2) is 8.42 Å². The average Bonchev–Trinajstić information content (AvgIpc) is 2.80. The van der Waals surface area contributed by atoms with E-state index in [0.29, 0.717) is 23.7 Å². The predicted molar refractivity (Wildman–Crippen MR) is 147 cm³/mol. The van der Waals surface area contributed by atoms with Crippen molar-refractivity contribution in [1.82, 2.24) is 10.2 Å². The van der Waals surface area contributed by atoms with Crippen LogP contribution in [0.4, 0.5) is 5.69 Å². The van der Waals surface area contributed by atoms with E-state index in [1.807, 2.05) is 58.0 Å². The number of halogens is 1. The van der Waals surface area contributed by atoms with Gasteiger partial charge >= 0.3 is 0 Å². The molecular formula is C27H38ClN3O4S. The third-order valence-corrected chi connectivity index (χ3v) is 7.64. The Balaban J connectivity index is 2.19. The molecule has 2 aromatic rings. The van der Waals surface area contributed by atoms with Crippen molar-refractivity contribution in [2.24, 2.45) is 5.92 Å². The van der Waals surface area contributed by atoms with E-state index in [0.717, 1.165) is 22.9 Å². The van der Waals surface area contributed by atoms with Crippen molar-refractivity contribution in [3.05, 3.63) is 64.2 Å². The van der Waals surface area contributed by atoms with Crippen LogP contribution in [0.1, 0.15) is 50.3 Å². The Bertz CT molecular complexity index is 1170. The first-order valence-electron chi connectivity index (χ1n) is 12.2. The number of aryl methyl sites for hydroxylation is 2. The minimum absolute atomic E-state index is 0.0864. The fraction of sp³-hybridized carbons (Fsp3) is 0.481. The van der Waals surface area contributed by atoms with Crippen LogP contribution in [0.3, 0.4) is 0 Å². The summed E-state index contributed by atoms with van der Waals surface area (Å²) in [5.74, 6) is -0.200. The first-order valence-corrected chi connectivity index (χ1v) is 14.4. The third-order valence-electron chi connectivity index (χ3n) is 6.08. The number of hydrogen-bond donors (Lipinski definition) is 1. The van der Waals surface area contributed by atoms with Crippen molar-refractivity contribution in [3.8, 4) is 0 Å². The number of nitrogens with zero attached hydrogens (tertiary/aromatic N) is 2. The summed E-state index contributed by atoms with van der Waals surface area (Å²) < 4.78 is 26.3. The molecule has 0 aromatic heterocycles. The smallest absolute Gasteiger partial charge is 0.242 e. The first-order chi connectivity index (χ1) is 16.8. The summed E-state index contributed by atoms with van der Waals surface area (Å²) in [4.78, 5) is 27.7. The molecule has 1 unspecified atom stereocenters. The number of rotatable bonds is 12. The lowest BCUT2D eigenvalue weighted by atomic mass is 10.1. The molecule has 7 nitrogen and oxygen atoms in total. The molecule has 0 heterocycles. The highest BCUT2D eigenvalue weighted by atomic mass is 35.5. The molecule has 0 aliphatic heterocycles. The van der Waals surface area contributed by atoms with Crippen LogP contribution in [0.15, 0.2) is 42.5 Å². The van der Waals surface area contributed by atoms with Gasteiger partial charge in [-0.2, -0.15) is 0 Å². The fourth-order valence-electron chi connectivity index (χ4n) is 3.73. The van der Waals surface area contributed by atoms with Crippen molar-refractivity contribution in [1.29, 1.82) is 0 Å². The van der Waals surface area contributed by atoms with Gasteiger partial charge in [-0.3, -0.25) is 13.9 Å². The third kappa shape index (κ3) is 8.52. The van der Waals surface area contributed by atoms with E-state index >= 15 is 0 Å². The molecule has 9 heteroatoms. The highest BCUT2D eigenvalue weighted by Gasteiger charge is 2.27. The summed E-state index contributed by atoms with van der Waals surface area (Å²) >= 11 is 6.34. The molecule has 198 valence electrons. The number of sulfonamides is 1. The number of anilines is 1. The summed E-state index contributed by atoms with van der Waals surface area (Å²) in [5.41, 5.74) is 3.37. The molecule has 0 saturated carbocycles. The Morgan fingerprint density at radius 2 is 1.69 bits per heavy atom. The van der Waals surface area contributed by atoms with E-state index in [4.69, 9.17) is 11.6 Å². The van der Waals surface area contributed by atoms with Crippen LogP contribution >= 0.6 is 11.6 Å². The molecule has 0 saturated heterocycles. The zero-order valence-corrected chi connectivity index (χ0v) is 23.6. The van der Waals surface area contributed by atoms with Gasteiger partial charge < -0.3 is 10.2 Å². The van der Waals surface area contributed by atoms with Crippen LogP contribution in [0, 0.1) is 19.8 Å². The van der Waals surface area contributed by atoms with Gasteiger partial charge in [-0.05, 0) is 68.0 Å². The van der Waals surface area contributed by atoms with Gasteiger partial charge in [0.05, 0.1) is 11.9 Å². The Morgan fingerprint density at radius 3 is 2.28 bits per heavy atom. The number of carbonyl (C=O) groups excluding carboxylic acids is 2. The highest BCUT2D eigenvalue weighted by molar-refractivity contribution is 7.92. The van der Waals surface area contributed by atoms with Gasteiger partial charge in [-0.1, -0.05) is 49.7 Å². The highest BCUT2D eigenvalue weighted by Crippen LogP contribution is 2.23. The number of carbonyl (C=O) groups is 2. The summed E-state index contributed by atoms with van der Waals surface area (Å²) in [5, 5.41) is 3.41. The van der Waals surface area contributed by atoms with E-state index in [-0.39, 0.29) is 37.2 Å². The fourth-order valence-corrected chi connectivity index (χ4v) is 4.88. The number of benzene rings is 2. The lowest BCUT2D eigenvalue weighted by molar-refractivity contribution is -0.140. The van der Waals surface area contributed by atoms with Gasteiger partial charge in [0, 0.05) is 31.1 Å². The van der Waals surface area contributed by atoms with Crippen molar-refractivity contribution < 1.29 is 18.0 Å². The average molecular weight is 536 g/mol. The van der Waals surface area contributed by atoms with Gasteiger partial charge in [0.25, 0.3) is 0 Å². The second kappa shape index (κ2) is 13.1. The Kier molecular flexibility index (Phi) is 10.8. The maximum atomic E-state index is 13.3. The summed E-state index contributed by atoms with van der Waals surface area (Å²) in [6, 6.07) is 12.0. The van der Waals surface area contributed by atoms with Crippen LogP contribution in [-0.2, 0) is 26.2 Å². The molecule has 2 aromatic carbocycles. The summed E-state index contributed by atoms with van der Waals surface area (Å²) in [6.07, 6.45) is 1.55. The maximum Gasteiger partial charge on any atom is 0.242 e. The predicted octanol–water partition coefficient (Wildman–Crippen LogP) is 4.69. The molecular weight excluding hydrogens is 498 g/mol. The summed E-state index contributed by atoms with van der Waals surface area (Å²) in [6.45, 7) is 10.4. The Labute approximate surface area is 220 Å². The molecule has 2 amide bonds. The second-order valence-corrected chi connectivity index (χ2v) is 11.9. The molecule has 1 atom stereocenters. The van der Waals surface area contributed by atoms with Crippen molar-refractivity contribution in [2.45, 2.75) is 60.0 Å². The minimum Gasteiger partial charge on any atom is -0.354 e. The van der Waals surface area contributed by atoms with E-state index in [9.17, 15) is 18.0 Å². The molecule has 0 aliphatic carbocycles. The van der Waals surface area contributed by atoms with Gasteiger partial charge in [0.1, 0.15) is 6.04 Å². The molecule has 0 aliphatic rings. The lowest BCUT2D eigenvalue weighted by Crippen LogP contribution is -2.48. The van der Waals surface area contributed by atoms with Crippen molar-refractivity contribution >= 4 is 39.1 Å². The zero-order chi connectivity index (χ0) is 27.0. The van der Waals surface area contributed by atoms with Crippen LogP contribution in [-0.4, -0.2) is 50.5 Å². The number of hydrogen-bond acceptors (Lipinski definition) is 4. The molecule has 0 spiro atoms. The quantitative estimate of drug-likeness (QED) is 0.427. The Hall–Kier alpha value is -2.58. The van der Waals surface area contributed by atoms with Crippen LogP contribution in [0.2, 0.25) is 5.02 Å². The van der Waals surface area contributed by atoms with E-state index in [1.54, 1.807) is 19.1 Å². The molecule has 36 heavy (non-hydrogen) atoms. The van der Waals surface area contributed by atoms with Gasteiger partial charge in [0.15, 0.2) is 0 Å². The second-order valence-electron chi connectivity index (χ2n) is 9.64. The van der Waals surface area contributed by atoms with E-state index in [2.05, 4.69) is 5.32 Å². The van der Waals surface area contributed by atoms with Crippen LogP contribution in [0.5, 0.6) is 0 Å². The monoisotopic (exact) mass is 535 g/mol. The van der Waals surface area contributed by atoms with E-state index < -0.39 is 16.1 Å². The largest absolute Gasteiger partial charge is 0.354 e. The van der Waals surface area contributed by atoms with Crippen LogP contribution in [0.25, 0.3) is 0 Å². The van der Waals surface area contributed by atoms with Gasteiger partial charge in [-0.15, -0.1) is 0 Å². The zero-order valence-electron chi connectivity index (χ0n) is 22.0. The van der Waals surface area contributed by atoms with Crippen LogP contribution < -0.4 is 9.62 Å². The van der Waals surface area contributed by atoms with Crippen molar-refractivity contribution in [3.63, 3.8) is 0 Å². The lowest BCUT2D eigenvalue weighted by Gasteiger charge is -2.30. The maximum absolute atomic E-state index is 13.3. The first kappa shape index (κ1) is 29.6. The SMILES string of the molecule is Cc1ccc(N(CCCC(=O)N(Cc2ccccc2Cl)C(C)C(=O)NCC(C)C)S(C)(=O)=O)cc1C. The molecule has 0 bridgehead atoms. The molecule has 0 radical (unpaired) electrons. The van der Waals surface area contributed by atoms with Crippen molar-refractivity contribution in [2.75, 3.05) is 23.7 Å². The Morgan fingerprint density at radius 1 is 1.03 bits per heavy atom. The molecule has 0 fully saturated rings. The summed E-state index contributed by atoms with van der Waals surface area (Å²) in [7, 11) is -3.54. The van der Waals surface area contributed by atoms with Gasteiger partial charge in [0.2, 0.25) is 21.8 Å². The molecule has 2 rings (SSSR count).